The lowest BCUT2D eigenvalue weighted by Crippen LogP contribution is -2.35. The number of pyridine rings is 1. The number of rotatable bonds is 6. The minimum absolute atomic E-state index is 0.150. The number of carbonyl (C=O) groups excluding carboxylic acids is 1. The molecule has 0 amide bonds. The summed E-state index contributed by atoms with van der Waals surface area (Å²) in [7, 11) is 1.22. The summed E-state index contributed by atoms with van der Waals surface area (Å²) in [6, 6.07) is 24.1. The summed E-state index contributed by atoms with van der Waals surface area (Å²) in [5.74, 6) is 0.483. The van der Waals surface area contributed by atoms with E-state index in [0.717, 1.165) is 5.56 Å². The summed E-state index contributed by atoms with van der Waals surface area (Å²) in [5.41, 5.74) is 0.692. The van der Waals surface area contributed by atoms with Crippen LogP contribution >= 0.6 is 0 Å². The largest absolute Gasteiger partial charge is 0.618 e. The van der Waals surface area contributed by atoms with E-state index in [1.54, 1.807) is 18.2 Å². The van der Waals surface area contributed by atoms with E-state index in [0.29, 0.717) is 27.0 Å². The first-order valence-corrected chi connectivity index (χ1v) is 9.34. The van der Waals surface area contributed by atoms with Crippen molar-refractivity contribution in [2.45, 2.75) is 6.61 Å². The number of ether oxygens (including phenoxy) is 3. The second-order valence-electron chi connectivity index (χ2n) is 6.53. The van der Waals surface area contributed by atoms with Gasteiger partial charge >= 0.3 is 11.7 Å². The van der Waals surface area contributed by atoms with Crippen molar-refractivity contribution in [3.05, 3.63) is 102 Å². The number of aromatic nitrogens is 1. The van der Waals surface area contributed by atoms with Crippen molar-refractivity contribution in [1.82, 2.24) is 0 Å². The van der Waals surface area contributed by atoms with Crippen molar-refractivity contribution in [3.8, 4) is 17.2 Å². The van der Waals surface area contributed by atoms with Gasteiger partial charge in [0.2, 0.25) is 5.75 Å². The zero-order chi connectivity index (χ0) is 20.9. The van der Waals surface area contributed by atoms with E-state index in [1.165, 1.54) is 13.3 Å². The van der Waals surface area contributed by atoms with Gasteiger partial charge in [-0.1, -0.05) is 54.6 Å². The fraction of sp³-hybridized carbons (Fsp3) is 0.0833. The van der Waals surface area contributed by atoms with Gasteiger partial charge in [-0.05, 0) is 29.8 Å². The summed E-state index contributed by atoms with van der Waals surface area (Å²) in [6.07, 6.45) is 1.30. The van der Waals surface area contributed by atoms with E-state index in [1.807, 2.05) is 60.7 Å². The van der Waals surface area contributed by atoms with Crippen LogP contribution in [0.15, 0.2) is 85.1 Å². The van der Waals surface area contributed by atoms with Crippen molar-refractivity contribution >= 4 is 16.7 Å². The average Bonchev–Trinajstić information content (AvgIpc) is 2.78. The fourth-order valence-corrected chi connectivity index (χ4v) is 3.14. The Morgan fingerprint density at radius 2 is 1.60 bits per heavy atom. The van der Waals surface area contributed by atoms with Crippen molar-refractivity contribution in [1.29, 1.82) is 0 Å². The molecule has 30 heavy (non-hydrogen) atoms. The van der Waals surface area contributed by atoms with Crippen LogP contribution in [0.5, 0.6) is 17.2 Å². The summed E-state index contributed by atoms with van der Waals surface area (Å²) < 4.78 is 17.2. The molecule has 0 N–H and O–H groups in total. The third-order valence-corrected chi connectivity index (χ3v) is 4.57. The molecule has 4 aromatic rings. The maximum absolute atomic E-state index is 12.8. The Bertz CT molecular complexity index is 1180. The molecule has 0 saturated heterocycles. The highest BCUT2D eigenvalue weighted by Crippen LogP contribution is 2.35. The molecule has 150 valence electrons. The molecular formula is C24H19NO5. The van der Waals surface area contributed by atoms with Gasteiger partial charge < -0.3 is 19.4 Å². The topological polar surface area (TPSA) is 71.7 Å². The standard InChI is InChI=1S/C24H19NO5/c1-28-24(26)22-23(29-16-17-9-4-2-5-10-17)19-13-8-14-21(20(19)15-25(22)27)30-18-11-6-3-7-12-18/h2-15H,16H2,1H3. The Balaban J connectivity index is 1.83. The molecule has 3 aromatic carbocycles. The van der Waals surface area contributed by atoms with Gasteiger partial charge in [-0.3, -0.25) is 0 Å². The maximum Gasteiger partial charge on any atom is 0.408 e. The quantitative estimate of drug-likeness (QED) is 0.268. The number of carbonyl (C=O) groups is 1. The van der Waals surface area contributed by atoms with Gasteiger partial charge in [0.15, 0.2) is 6.20 Å². The first-order chi connectivity index (χ1) is 14.7. The molecule has 0 aliphatic carbocycles. The van der Waals surface area contributed by atoms with E-state index in [-0.39, 0.29) is 18.1 Å². The van der Waals surface area contributed by atoms with Gasteiger partial charge in [-0.25, -0.2) is 4.79 Å². The molecule has 4 rings (SSSR count). The third-order valence-electron chi connectivity index (χ3n) is 4.57. The third kappa shape index (κ3) is 3.89. The Labute approximate surface area is 173 Å². The van der Waals surface area contributed by atoms with E-state index in [2.05, 4.69) is 0 Å². The smallest absolute Gasteiger partial charge is 0.408 e. The molecule has 6 heteroatoms. The monoisotopic (exact) mass is 401 g/mol. The number of hydrogen-bond donors (Lipinski definition) is 0. The molecule has 6 nitrogen and oxygen atoms in total. The predicted octanol–water partition coefficient (Wildman–Crippen LogP) is 4.63. The molecule has 0 aliphatic rings. The Morgan fingerprint density at radius 1 is 0.900 bits per heavy atom. The van der Waals surface area contributed by atoms with Crippen LogP contribution in [0.25, 0.3) is 10.8 Å². The molecule has 0 fully saturated rings. The van der Waals surface area contributed by atoms with Gasteiger partial charge in [-0.15, -0.1) is 0 Å². The molecular weight excluding hydrogens is 382 g/mol. The molecule has 1 aromatic heterocycles. The van der Waals surface area contributed by atoms with E-state index in [4.69, 9.17) is 14.2 Å². The second kappa shape index (κ2) is 8.53. The number of methoxy groups -OCH3 is 1. The molecule has 0 unspecified atom stereocenters. The fourth-order valence-electron chi connectivity index (χ4n) is 3.14. The number of fused-ring (bicyclic) bond motifs is 1. The minimum atomic E-state index is -0.774. The number of para-hydroxylation sites is 1. The van der Waals surface area contributed by atoms with Crippen LogP contribution in [0.3, 0.4) is 0 Å². The summed E-state index contributed by atoms with van der Waals surface area (Å²) in [6.45, 7) is 0.188. The molecule has 0 aliphatic heterocycles. The molecule has 0 saturated carbocycles. The van der Waals surface area contributed by atoms with Crippen molar-refractivity contribution in [2.24, 2.45) is 0 Å². The number of hydrogen-bond acceptors (Lipinski definition) is 5. The highest BCUT2D eigenvalue weighted by atomic mass is 16.5. The maximum atomic E-state index is 12.8. The predicted molar refractivity (Wildman–Crippen MR) is 112 cm³/mol. The minimum Gasteiger partial charge on any atom is -0.618 e. The highest BCUT2D eigenvalue weighted by Gasteiger charge is 2.28. The normalized spacial score (nSPS) is 10.6. The summed E-state index contributed by atoms with van der Waals surface area (Å²) in [5, 5.41) is 13.8. The second-order valence-corrected chi connectivity index (χ2v) is 6.53. The van der Waals surface area contributed by atoms with Crippen LogP contribution in [0.4, 0.5) is 0 Å². The van der Waals surface area contributed by atoms with Crippen LogP contribution in [0.1, 0.15) is 16.1 Å². The molecule has 0 radical (unpaired) electrons. The summed E-state index contributed by atoms with van der Waals surface area (Å²) in [4.78, 5) is 12.3. The van der Waals surface area contributed by atoms with Crippen LogP contribution in [-0.4, -0.2) is 13.1 Å². The Kier molecular flexibility index (Phi) is 5.48. The van der Waals surface area contributed by atoms with Crippen LogP contribution in [-0.2, 0) is 11.3 Å². The van der Waals surface area contributed by atoms with Crippen LogP contribution in [0, 0.1) is 5.21 Å². The van der Waals surface area contributed by atoms with E-state index >= 15 is 0 Å². The van der Waals surface area contributed by atoms with Crippen LogP contribution < -0.4 is 14.2 Å². The molecule has 0 atom stereocenters. The van der Waals surface area contributed by atoms with Gasteiger partial charge in [0.1, 0.15) is 18.1 Å². The molecule has 0 spiro atoms. The summed E-state index contributed by atoms with van der Waals surface area (Å²) >= 11 is 0. The van der Waals surface area contributed by atoms with Gasteiger partial charge in [-0.2, -0.15) is 4.73 Å². The van der Waals surface area contributed by atoms with E-state index in [9.17, 15) is 10.0 Å². The molecule has 1 heterocycles. The lowest BCUT2D eigenvalue weighted by atomic mass is 10.1. The van der Waals surface area contributed by atoms with Gasteiger partial charge in [0, 0.05) is 5.39 Å². The highest BCUT2D eigenvalue weighted by molar-refractivity contribution is 5.99. The van der Waals surface area contributed by atoms with Crippen LogP contribution in [0.2, 0.25) is 0 Å². The number of esters is 1. The van der Waals surface area contributed by atoms with E-state index < -0.39 is 5.97 Å². The van der Waals surface area contributed by atoms with Crippen molar-refractivity contribution < 1.29 is 23.7 Å². The first kappa shape index (κ1) is 19.3. The van der Waals surface area contributed by atoms with Crippen molar-refractivity contribution in [2.75, 3.05) is 7.11 Å². The number of nitrogens with zero attached hydrogens (tertiary/aromatic N) is 1. The Hall–Kier alpha value is -4.06. The molecule has 0 bridgehead atoms. The Morgan fingerprint density at radius 3 is 2.30 bits per heavy atom. The SMILES string of the molecule is COC(=O)c1c(OCc2ccccc2)c2cccc(Oc3ccccc3)c2c[n+]1[O-]. The van der Waals surface area contributed by atoms with Crippen molar-refractivity contribution in [3.63, 3.8) is 0 Å². The average molecular weight is 401 g/mol. The lowest BCUT2D eigenvalue weighted by molar-refractivity contribution is -0.607. The lowest BCUT2D eigenvalue weighted by Gasteiger charge is -2.15. The zero-order valence-corrected chi connectivity index (χ0v) is 16.3. The van der Waals surface area contributed by atoms with Gasteiger partial charge in [0.05, 0.1) is 12.5 Å². The zero-order valence-electron chi connectivity index (χ0n) is 16.3. The first-order valence-electron chi connectivity index (χ1n) is 9.34. The van der Waals surface area contributed by atoms with Gasteiger partial charge in [0.25, 0.3) is 0 Å². The number of benzene rings is 3.